The molecule has 0 fully saturated rings. The number of alkyl halides is 6. The number of unbranched alkanes of at least 4 members (excludes halogenated alkanes) is 1. The highest BCUT2D eigenvalue weighted by Gasteiger charge is 2.31. The molecule has 43 heavy (non-hydrogen) atoms. The zero-order chi connectivity index (χ0) is 31.2. The van der Waals surface area contributed by atoms with E-state index in [-0.39, 0.29) is 31.7 Å². The zero-order valence-electron chi connectivity index (χ0n) is 23.4. The molecule has 5 nitrogen and oxygen atoms in total. The number of hydrogen-bond acceptors (Lipinski definition) is 2. The number of hydrogen-bond donors (Lipinski definition) is 1. The summed E-state index contributed by atoms with van der Waals surface area (Å²) >= 11 is 0. The van der Waals surface area contributed by atoms with E-state index in [4.69, 9.17) is 0 Å². The number of carbonyl (C=O) groups is 2. The number of rotatable bonds is 11. The Kier molecular flexibility index (Phi) is 9.83. The van der Waals surface area contributed by atoms with Gasteiger partial charge in [0.2, 0.25) is 5.91 Å². The predicted octanol–water partition coefficient (Wildman–Crippen LogP) is 7.72. The summed E-state index contributed by atoms with van der Waals surface area (Å²) in [7, 11) is 0. The van der Waals surface area contributed by atoms with Gasteiger partial charge in [0.25, 0.3) is 5.91 Å². The summed E-state index contributed by atoms with van der Waals surface area (Å²) in [5, 5.41) is 0.978. The Hall–Kier alpha value is -4.28. The molecule has 0 saturated carbocycles. The van der Waals surface area contributed by atoms with Gasteiger partial charge in [0.05, 0.1) is 11.1 Å². The molecule has 4 aromatic rings. The van der Waals surface area contributed by atoms with E-state index in [1.807, 2.05) is 37.4 Å². The van der Waals surface area contributed by atoms with Gasteiger partial charge in [0, 0.05) is 42.3 Å². The first-order valence-electron chi connectivity index (χ1n) is 13.8. The van der Waals surface area contributed by atoms with Gasteiger partial charge in [-0.25, -0.2) is 0 Å². The minimum atomic E-state index is -4.55. The van der Waals surface area contributed by atoms with E-state index >= 15 is 0 Å². The molecule has 0 aliphatic rings. The molecule has 1 heterocycles. The Morgan fingerprint density at radius 3 is 1.98 bits per heavy atom. The highest BCUT2D eigenvalue weighted by molar-refractivity contribution is 5.96. The molecule has 4 rings (SSSR count). The number of nitrogens with zero attached hydrogens (tertiary/aromatic N) is 2. The molecule has 0 atom stereocenters. The number of aromatic amines is 1. The maximum Gasteiger partial charge on any atom is 0.416 e. The average Bonchev–Trinajstić information content (AvgIpc) is 3.39. The minimum Gasteiger partial charge on any atom is -0.361 e. The van der Waals surface area contributed by atoms with Crippen LogP contribution in [0.5, 0.6) is 0 Å². The maximum absolute atomic E-state index is 13.7. The smallest absolute Gasteiger partial charge is 0.361 e. The Balaban J connectivity index is 1.56. The summed E-state index contributed by atoms with van der Waals surface area (Å²) in [5.41, 5.74) is 0.677. The predicted molar refractivity (Wildman–Crippen MR) is 151 cm³/mol. The number of fused-ring (bicyclic) bond motifs is 1. The maximum atomic E-state index is 13.7. The lowest BCUT2D eigenvalue weighted by Crippen LogP contribution is -2.43. The van der Waals surface area contributed by atoms with Gasteiger partial charge in [-0.2, -0.15) is 26.3 Å². The molecule has 0 saturated heterocycles. The summed E-state index contributed by atoms with van der Waals surface area (Å²) in [5.74, 6) is -1.02. The molecule has 0 unspecified atom stereocenters. The normalized spacial score (nSPS) is 12.0. The van der Waals surface area contributed by atoms with Crippen LogP contribution in [0.4, 0.5) is 26.3 Å². The van der Waals surface area contributed by atoms with Gasteiger partial charge in [-0.05, 0) is 66.4 Å². The van der Waals surface area contributed by atoms with Crippen molar-refractivity contribution in [3.05, 3.63) is 107 Å². The second kappa shape index (κ2) is 13.4. The molecule has 2 amide bonds. The van der Waals surface area contributed by atoms with E-state index in [1.54, 1.807) is 0 Å². The van der Waals surface area contributed by atoms with E-state index in [1.165, 1.54) is 21.9 Å². The number of benzene rings is 3. The van der Waals surface area contributed by atoms with Crippen molar-refractivity contribution in [2.75, 3.05) is 19.6 Å². The van der Waals surface area contributed by atoms with Gasteiger partial charge < -0.3 is 14.8 Å². The van der Waals surface area contributed by atoms with Crippen molar-refractivity contribution in [3.63, 3.8) is 0 Å². The fraction of sp³-hybridized carbons (Fsp3) is 0.312. The first-order valence-corrected chi connectivity index (χ1v) is 13.8. The van der Waals surface area contributed by atoms with Crippen LogP contribution in [0.3, 0.4) is 0 Å². The summed E-state index contributed by atoms with van der Waals surface area (Å²) in [6.07, 6.45) is -5.50. The Morgan fingerprint density at radius 1 is 0.767 bits per heavy atom. The number of halogens is 6. The van der Waals surface area contributed by atoms with Gasteiger partial charge in [0.15, 0.2) is 0 Å². The van der Waals surface area contributed by atoms with Gasteiger partial charge in [-0.15, -0.1) is 0 Å². The molecule has 228 valence electrons. The molecular weight excluding hydrogens is 572 g/mol. The van der Waals surface area contributed by atoms with Gasteiger partial charge in [0.1, 0.15) is 6.54 Å². The fourth-order valence-corrected chi connectivity index (χ4v) is 4.75. The molecule has 11 heteroatoms. The quantitative estimate of drug-likeness (QED) is 0.179. The van der Waals surface area contributed by atoms with Crippen LogP contribution in [0, 0.1) is 0 Å². The number of amides is 2. The van der Waals surface area contributed by atoms with Crippen LogP contribution in [0.1, 0.15) is 52.4 Å². The lowest BCUT2D eigenvalue weighted by atomic mass is 10.1. The fourth-order valence-electron chi connectivity index (χ4n) is 4.75. The van der Waals surface area contributed by atoms with E-state index < -0.39 is 35.3 Å². The van der Waals surface area contributed by atoms with Gasteiger partial charge >= 0.3 is 12.4 Å². The van der Waals surface area contributed by atoms with Crippen molar-refractivity contribution in [1.29, 1.82) is 0 Å². The summed E-state index contributed by atoms with van der Waals surface area (Å²) in [4.78, 5) is 33.0. The SMILES string of the molecule is CCCCN(CC(=O)N(CCc1c[nH]c2ccccc12)Cc1ccc(C(F)(F)F)cc1)C(=O)c1ccc(C(F)(F)F)cc1. The van der Waals surface area contributed by atoms with Crippen LogP contribution < -0.4 is 0 Å². The topological polar surface area (TPSA) is 56.4 Å². The van der Waals surface area contributed by atoms with E-state index in [2.05, 4.69) is 4.98 Å². The van der Waals surface area contributed by atoms with Gasteiger partial charge in [-0.3, -0.25) is 9.59 Å². The van der Waals surface area contributed by atoms with E-state index in [0.717, 1.165) is 52.9 Å². The summed E-state index contributed by atoms with van der Waals surface area (Å²) in [6.45, 7) is 2.00. The number of nitrogens with one attached hydrogen (secondary N) is 1. The van der Waals surface area contributed by atoms with Crippen molar-refractivity contribution in [1.82, 2.24) is 14.8 Å². The number of carbonyl (C=O) groups excluding carboxylic acids is 2. The average molecular weight is 604 g/mol. The number of aromatic nitrogens is 1. The van der Waals surface area contributed by atoms with Crippen LogP contribution in [-0.4, -0.2) is 46.2 Å². The van der Waals surface area contributed by atoms with Crippen LogP contribution >= 0.6 is 0 Å². The van der Waals surface area contributed by atoms with Crippen molar-refractivity contribution in [2.45, 2.75) is 45.1 Å². The largest absolute Gasteiger partial charge is 0.416 e. The monoisotopic (exact) mass is 603 g/mol. The third kappa shape index (κ3) is 8.18. The third-order valence-electron chi connectivity index (χ3n) is 7.19. The summed E-state index contributed by atoms with van der Waals surface area (Å²) in [6, 6.07) is 16.0. The molecule has 1 N–H and O–H groups in total. The summed E-state index contributed by atoms with van der Waals surface area (Å²) < 4.78 is 78.4. The van der Waals surface area contributed by atoms with Crippen molar-refractivity contribution < 1.29 is 35.9 Å². The molecule has 0 aliphatic heterocycles. The molecule has 0 spiro atoms. The highest BCUT2D eigenvalue weighted by Crippen LogP contribution is 2.30. The van der Waals surface area contributed by atoms with Crippen molar-refractivity contribution in [3.8, 4) is 0 Å². The Labute approximate surface area is 245 Å². The van der Waals surface area contributed by atoms with E-state index in [0.29, 0.717) is 24.8 Å². The molecular formula is C32H31F6N3O2. The zero-order valence-corrected chi connectivity index (χ0v) is 23.4. The minimum absolute atomic E-state index is 0.00934. The van der Waals surface area contributed by atoms with Crippen LogP contribution in [0.2, 0.25) is 0 Å². The number of para-hydroxylation sites is 1. The lowest BCUT2D eigenvalue weighted by molar-refractivity contribution is -0.138. The molecule has 0 bridgehead atoms. The lowest BCUT2D eigenvalue weighted by Gasteiger charge is -2.28. The van der Waals surface area contributed by atoms with Crippen molar-refractivity contribution in [2.24, 2.45) is 0 Å². The van der Waals surface area contributed by atoms with Crippen LogP contribution in [0.15, 0.2) is 79.0 Å². The first kappa shape index (κ1) is 31.7. The van der Waals surface area contributed by atoms with Crippen LogP contribution in [-0.2, 0) is 30.1 Å². The van der Waals surface area contributed by atoms with Crippen LogP contribution in [0.25, 0.3) is 10.9 Å². The molecule has 0 radical (unpaired) electrons. The van der Waals surface area contributed by atoms with E-state index in [9.17, 15) is 35.9 Å². The Morgan fingerprint density at radius 2 is 1.37 bits per heavy atom. The second-order valence-electron chi connectivity index (χ2n) is 10.3. The standard InChI is InChI=1S/C32H31F6N3O2/c1-2-3-17-41(30(43)23-10-14-26(15-11-23)32(36,37)38)21-29(42)40(20-22-8-12-25(13-9-22)31(33,34)35)18-16-24-19-39-28-7-5-4-6-27(24)28/h4-15,19,39H,2-3,16-18,20-21H2,1H3. The highest BCUT2D eigenvalue weighted by atomic mass is 19.4. The third-order valence-corrected chi connectivity index (χ3v) is 7.19. The second-order valence-corrected chi connectivity index (χ2v) is 10.3. The molecule has 3 aromatic carbocycles. The Bertz CT molecular complexity index is 1530. The first-order chi connectivity index (χ1) is 20.4. The molecule has 0 aliphatic carbocycles. The number of H-pyrrole nitrogens is 1. The van der Waals surface area contributed by atoms with Gasteiger partial charge in [-0.1, -0.05) is 43.7 Å². The molecule has 1 aromatic heterocycles. The van der Waals surface area contributed by atoms with Crippen molar-refractivity contribution >= 4 is 22.7 Å².